The average molecular weight is 245 g/mol. The van der Waals surface area contributed by atoms with Gasteiger partial charge in [0.2, 0.25) is 0 Å². The van der Waals surface area contributed by atoms with Crippen LogP contribution in [0.25, 0.3) is 0 Å². The van der Waals surface area contributed by atoms with Crippen LogP contribution in [0.2, 0.25) is 0 Å². The lowest BCUT2D eigenvalue weighted by Crippen LogP contribution is -2.56. The molecule has 1 heterocycles. The fourth-order valence-corrected chi connectivity index (χ4v) is 1.54. The molecule has 98 valence electrons. The number of ether oxygens (including phenoxy) is 1. The molecule has 17 heavy (non-hydrogen) atoms. The second-order valence-electron chi connectivity index (χ2n) is 4.16. The molecule has 1 aliphatic heterocycles. The topological polar surface area (TPSA) is 82.1 Å². The number of aliphatic carboxylic acids is 1. The Morgan fingerprint density at radius 1 is 1.53 bits per heavy atom. The van der Waals surface area contributed by atoms with Crippen molar-refractivity contribution in [2.75, 3.05) is 46.9 Å². The number of rotatable bonds is 4. The van der Waals surface area contributed by atoms with Crippen LogP contribution in [0.3, 0.4) is 0 Å². The average Bonchev–Trinajstić information content (AvgIpc) is 2.28. The van der Waals surface area contributed by atoms with Gasteiger partial charge in [0, 0.05) is 19.6 Å². The van der Waals surface area contributed by atoms with E-state index in [-0.39, 0.29) is 12.6 Å². The van der Waals surface area contributed by atoms with E-state index in [0.29, 0.717) is 26.2 Å². The van der Waals surface area contributed by atoms with E-state index < -0.39 is 12.0 Å². The van der Waals surface area contributed by atoms with Gasteiger partial charge in [-0.15, -0.1) is 0 Å². The first-order chi connectivity index (χ1) is 8.02. The lowest BCUT2D eigenvalue weighted by molar-refractivity contribution is -0.147. The molecule has 1 atom stereocenters. The summed E-state index contributed by atoms with van der Waals surface area (Å²) in [6, 6.07) is -1.23. The van der Waals surface area contributed by atoms with Crippen LogP contribution in [0.1, 0.15) is 0 Å². The van der Waals surface area contributed by atoms with Gasteiger partial charge < -0.3 is 25.0 Å². The molecule has 0 bridgehead atoms. The standard InChI is InChI=1S/C10H19N3O4/c1-12(2)4-3-11-10(16)13-5-6-17-7-8(13)9(14)15/h8H,3-7H2,1-2H3,(H,11,16)(H,14,15). The molecule has 0 saturated carbocycles. The smallest absolute Gasteiger partial charge is 0.328 e. The summed E-state index contributed by atoms with van der Waals surface area (Å²) in [7, 11) is 3.81. The number of nitrogens with one attached hydrogen (secondary N) is 1. The number of urea groups is 1. The Hall–Kier alpha value is -1.34. The number of carboxylic acids is 1. The Morgan fingerprint density at radius 3 is 2.82 bits per heavy atom. The molecule has 7 nitrogen and oxygen atoms in total. The Balaban J connectivity index is 2.45. The number of nitrogens with zero attached hydrogens (tertiary/aromatic N) is 2. The van der Waals surface area contributed by atoms with Crippen molar-refractivity contribution in [1.82, 2.24) is 15.1 Å². The van der Waals surface area contributed by atoms with E-state index in [1.807, 2.05) is 19.0 Å². The Bertz CT molecular complexity index is 283. The van der Waals surface area contributed by atoms with Gasteiger partial charge in [0.1, 0.15) is 0 Å². The summed E-state index contributed by atoms with van der Waals surface area (Å²) in [6.45, 7) is 1.95. The first-order valence-electron chi connectivity index (χ1n) is 5.52. The zero-order valence-electron chi connectivity index (χ0n) is 10.2. The summed E-state index contributed by atoms with van der Waals surface area (Å²) in [4.78, 5) is 26.0. The Morgan fingerprint density at radius 2 is 2.24 bits per heavy atom. The molecule has 0 radical (unpaired) electrons. The maximum Gasteiger partial charge on any atom is 0.328 e. The molecule has 0 aromatic carbocycles. The fourth-order valence-electron chi connectivity index (χ4n) is 1.54. The molecule has 1 fully saturated rings. The highest BCUT2D eigenvalue weighted by atomic mass is 16.5. The highest BCUT2D eigenvalue weighted by molar-refractivity contribution is 5.82. The number of amides is 2. The number of hydrogen-bond donors (Lipinski definition) is 2. The van der Waals surface area contributed by atoms with Gasteiger partial charge >= 0.3 is 12.0 Å². The zero-order chi connectivity index (χ0) is 12.8. The van der Waals surface area contributed by atoms with Gasteiger partial charge in [-0.1, -0.05) is 0 Å². The molecule has 1 saturated heterocycles. The van der Waals surface area contributed by atoms with Crippen LogP contribution in [0.15, 0.2) is 0 Å². The van der Waals surface area contributed by atoms with E-state index in [4.69, 9.17) is 9.84 Å². The summed E-state index contributed by atoms with van der Waals surface area (Å²) >= 11 is 0. The Labute approximate surface area is 100 Å². The predicted octanol–water partition coefficient (Wildman–Crippen LogP) is -0.957. The van der Waals surface area contributed by atoms with Crippen LogP contribution in [-0.2, 0) is 9.53 Å². The van der Waals surface area contributed by atoms with E-state index in [1.54, 1.807) is 0 Å². The molecule has 1 rings (SSSR count). The molecular formula is C10H19N3O4. The van der Waals surface area contributed by atoms with Crippen molar-refractivity contribution in [3.63, 3.8) is 0 Å². The van der Waals surface area contributed by atoms with E-state index in [2.05, 4.69) is 5.32 Å². The van der Waals surface area contributed by atoms with Crippen LogP contribution >= 0.6 is 0 Å². The largest absolute Gasteiger partial charge is 0.480 e. The molecule has 1 unspecified atom stereocenters. The van der Waals surface area contributed by atoms with Gasteiger partial charge in [-0.05, 0) is 14.1 Å². The van der Waals surface area contributed by atoms with Gasteiger partial charge in [0.25, 0.3) is 0 Å². The number of carboxylic acid groups (broad SMARTS) is 1. The number of carbonyl (C=O) groups excluding carboxylic acids is 1. The maximum atomic E-state index is 11.8. The van der Waals surface area contributed by atoms with Crippen molar-refractivity contribution >= 4 is 12.0 Å². The van der Waals surface area contributed by atoms with Gasteiger partial charge in [-0.25, -0.2) is 9.59 Å². The van der Waals surface area contributed by atoms with Crippen LogP contribution in [0.4, 0.5) is 4.79 Å². The van der Waals surface area contributed by atoms with Crippen molar-refractivity contribution in [3.8, 4) is 0 Å². The third-order valence-electron chi connectivity index (χ3n) is 2.51. The first-order valence-corrected chi connectivity index (χ1v) is 5.52. The third-order valence-corrected chi connectivity index (χ3v) is 2.51. The van der Waals surface area contributed by atoms with Crippen molar-refractivity contribution in [1.29, 1.82) is 0 Å². The summed E-state index contributed by atoms with van der Waals surface area (Å²) in [6.07, 6.45) is 0. The number of likely N-dealkylation sites (N-methyl/N-ethyl adjacent to an activating group) is 1. The lowest BCUT2D eigenvalue weighted by atomic mass is 10.2. The summed E-state index contributed by atoms with van der Waals surface area (Å²) in [5.41, 5.74) is 0. The minimum atomic E-state index is -1.03. The molecular weight excluding hydrogens is 226 g/mol. The van der Waals surface area contributed by atoms with Gasteiger partial charge in [-0.2, -0.15) is 0 Å². The molecule has 0 aromatic heterocycles. The first kappa shape index (κ1) is 13.7. The SMILES string of the molecule is CN(C)CCNC(=O)N1CCOCC1C(=O)O. The second-order valence-corrected chi connectivity index (χ2v) is 4.16. The molecule has 0 spiro atoms. The van der Waals surface area contributed by atoms with Gasteiger partial charge in [0.05, 0.1) is 13.2 Å². The van der Waals surface area contributed by atoms with Crippen molar-refractivity contribution < 1.29 is 19.4 Å². The second kappa shape index (κ2) is 6.41. The van der Waals surface area contributed by atoms with Crippen molar-refractivity contribution in [3.05, 3.63) is 0 Å². The predicted molar refractivity (Wildman–Crippen MR) is 60.9 cm³/mol. The van der Waals surface area contributed by atoms with Crippen LogP contribution in [0, 0.1) is 0 Å². The number of morpholine rings is 1. The molecule has 0 aliphatic carbocycles. The van der Waals surface area contributed by atoms with Crippen molar-refractivity contribution in [2.45, 2.75) is 6.04 Å². The highest BCUT2D eigenvalue weighted by Gasteiger charge is 2.32. The van der Waals surface area contributed by atoms with E-state index in [0.717, 1.165) is 0 Å². The molecule has 1 aliphatic rings. The summed E-state index contributed by atoms with van der Waals surface area (Å²) in [5, 5.41) is 11.7. The van der Waals surface area contributed by atoms with Gasteiger partial charge in [-0.3, -0.25) is 0 Å². The number of carbonyl (C=O) groups is 2. The van der Waals surface area contributed by atoms with Crippen LogP contribution < -0.4 is 5.32 Å². The zero-order valence-corrected chi connectivity index (χ0v) is 10.2. The quantitative estimate of drug-likeness (QED) is 0.667. The molecule has 7 heteroatoms. The number of hydrogen-bond acceptors (Lipinski definition) is 4. The molecule has 0 aromatic rings. The molecule has 2 N–H and O–H groups in total. The monoisotopic (exact) mass is 245 g/mol. The highest BCUT2D eigenvalue weighted by Crippen LogP contribution is 2.07. The Kier molecular flexibility index (Phi) is 5.17. The van der Waals surface area contributed by atoms with Crippen LogP contribution in [-0.4, -0.2) is 79.9 Å². The fraction of sp³-hybridized carbons (Fsp3) is 0.800. The van der Waals surface area contributed by atoms with E-state index in [1.165, 1.54) is 4.90 Å². The van der Waals surface area contributed by atoms with E-state index in [9.17, 15) is 9.59 Å². The summed E-state index contributed by atoms with van der Waals surface area (Å²) < 4.78 is 5.06. The minimum Gasteiger partial charge on any atom is -0.480 e. The van der Waals surface area contributed by atoms with Gasteiger partial charge in [0.15, 0.2) is 6.04 Å². The van der Waals surface area contributed by atoms with Crippen LogP contribution in [0.5, 0.6) is 0 Å². The third kappa shape index (κ3) is 4.20. The lowest BCUT2D eigenvalue weighted by Gasteiger charge is -2.32. The maximum absolute atomic E-state index is 11.8. The van der Waals surface area contributed by atoms with Crippen molar-refractivity contribution in [2.24, 2.45) is 0 Å². The minimum absolute atomic E-state index is 0.0520. The summed E-state index contributed by atoms with van der Waals surface area (Å²) in [5.74, 6) is -1.03. The van der Waals surface area contributed by atoms with E-state index >= 15 is 0 Å². The normalized spacial score (nSPS) is 20.4. The molecule has 2 amide bonds.